The van der Waals surface area contributed by atoms with Crippen LogP contribution in [0.5, 0.6) is 0 Å². The molecule has 1 spiro atoms. The van der Waals surface area contributed by atoms with Crippen molar-refractivity contribution in [1.29, 1.82) is 0 Å². The van der Waals surface area contributed by atoms with Gasteiger partial charge in [-0.05, 0) is 42.7 Å². The average molecular weight is 274 g/mol. The fourth-order valence-corrected chi connectivity index (χ4v) is 4.01. The van der Waals surface area contributed by atoms with Gasteiger partial charge < -0.3 is 5.11 Å². The van der Waals surface area contributed by atoms with Gasteiger partial charge in [0.1, 0.15) is 5.54 Å². The first-order valence-electron chi connectivity index (χ1n) is 7.52. The van der Waals surface area contributed by atoms with Crippen molar-refractivity contribution in [2.45, 2.75) is 57.0 Å². The third kappa shape index (κ3) is 2.44. The van der Waals surface area contributed by atoms with Gasteiger partial charge in [0.15, 0.2) is 0 Å². The van der Waals surface area contributed by atoms with E-state index in [9.17, 15) is 9.90 Å². The zero-order valence-electron chi connectivity index (χ0n) is 11.8. The Hall–Kier alpha value is -1.42. The van der Waals surface area contributed by atoms with Gasteiger partial charge in [0.05, 0.1) is 0 Å². The number of carboxylic acids is 1. The van der Waals surface area contributed by atoms with Crippen molar-refractivity contribution in [3.63, 3.8) is 0 Å². The predicted molar refractivity (Wildman–Crippen MR) is 76.2 cm³/mol. The lowest BCUT2D eigenvalue weighted by molar-refractivity contribution is -0.159. The van der Waals surface area contributed by atoms with E-state index in [2.05, 4.69) is 10.3 Å². The van der Waals surface area contributed by atoms with Crippen molar-refractivity contribution in [3.8, 4) is 0 Å². The molecule has 0 unspecified atom stereocenters. The molecule has 20 heavy (non-hydrogen) atoms. The van der Waals surface area contributed by atoms with Gasteiger partial charge in [-0.2, -0.15) is 0 Å². The average Bonchev–Trinajstić information content (AvgIpc) is 2.44. The molecular formula is C16H22N2O2. The van der Waals surface area contributed by atoms with E-state index >= 15 is 0 Å². The topological polar surface area (TPSA) is 62.2 Å². The minimum Gasteiger partial charge on any atom is -0.480 e. The lowest BCUT2D eigenvalue weighted by atomic mass is 9.52. The molecule has 1 aromatic rings. The molecule has 4 nitrogen and oxygen atoms in total. The largest absolute Gasteiger partial charge is 0.480 e. The van der Waals surface area contributed by atoms with E-state index in [4.69, 9.17) is 0 Å². The van der Waals surface area contributed by atoms with E-state index in [0.717, 1.165) is 18.4 Å². The van der Waals surface area contributed by atoms with E-state index in [1.807, 2.05) is 12.1 Å². The van der Waals surface area contributed by atoms with E-state index < -0.39 is 11.5 Å². The van der Waals surface area contributed by atoms with Crippen molar-refractivity contribution in [1.82, 2.24) is 10.3 Å². The highest BCUT2D eigenvalue weighted by Gasteiger charge is 2.58. The summed E-state index contributed by atoms with van der Waals surface area (Å²) >= 11 is 0. The highest BCUT2D eigenvalue weighted by atomic mass is 16.4. The van der Waals surface area contributed by atoms with Crippen molar-refractivity contribution < 1.29 is 9.90 Å². The summed E-state index contributed by atoms with van der Waals surface area (Å²) in [6.45, 7) is 0.580. The number of nitrogens with zero attached hydrogens (tertiary/aromatic N) is 1. The number of hydrogen-bond donors (Lipinski definition) is 2. The first-order valence-corrected chi connectivity index (χ1v) is 7.52. The van der Waals surface area contributed by atoms with E-state index in [1.54, 1.807) is 12.4 Å². The Bertz CT molecular complexity index is 473. The molecular weight excluding hydrogens is 252 g/mol. The van der Waals surface area contributed by atoms with Crippen molar-refractivity contribution in [2.24, 2.45) is 5.41 Å². The minimum atomic E-state index is -0.715. The Kier molecular flexibility index (Phi) is 3.50. The molecule has 2 saturated carbocycles. The minimum absolute atomic E-state index is 0.304. The molecule has 0 aromatic carbocycles. The van der Waals surface area contributed by atoms with Crippen molar-refractivity contribution >= 4 is 5.97 Å². The Balaban J connectivity index is 1.64. The first kappa shape index (κ1) is 13.6. The molecule has 1 heterocycles. The summed E-state index contributed by atoms with van der Waals surface area (Å²) in [6, 6.07) is 3.86. The molecule has 0 atom stereocenters. The van der Waals surface area contributed by atoms with E-state index in [1.165, 1.54) is 32.1 Å². The summed E-state index contributed by atoms with van der Waals surface area (Å²) in [5, 5.41) is 12.9. The number of rotatable bonds is 4. The SMILES string of the molecule is O=C(O)C1(NCc2cccnc2)CC2(CCCCC2)C1. The van der Waals surface area contributed by atoms with Gasteiger partial charge in [-0.3, -0.25) is 15.1 Å². The summed E-state index contributed by atoms with van der Waals surface area (Å²) in [4.78, 5) is 15.7. The summed E-state index contributed by atoms with van der Waals surface area (Å²) in [6.07, 6.45) is 11.3. The van der Waals surface area contributed by atoms with Gasteiger partial charge >= 0.3 is 5.97 Å². The van der Waals surface area contributed by atoms with Crippen LogP contribution in [0.2, 0.25) is 0 Å². The molecule has 0 bridgehead atoms. The predicted octanol–water partition coefficient (Wildman–Crippen LogP) is 2.74. The maximum Gasteiger partial charge on any atom is 0.323 e. The maximum absolute atomic E-state index is 11.7. The van der Waals surface area contributed by atoms with Gasteiger partial charge in [-0.1, -0.05) is 25.3 Å². The normalized spacial score (nSPS) is 23.2. The van der Waals surface area contributed by atoms with Crippen LogP contribution in [0.4, 0.5) is 0 Å². The third-order valence-corrected chi connectivity index (χ3v) is 5.03. The molecule has 0 amide bonds. The van der Waals surface area contributed by atoms with Crippen molar-refractivity contribution in [3.05, 3.63) is 30.1 Å². The number of carbonyl (C=O) groups is 1. The molecule has 0 saturated heterocycles. The standard InChI is InChI=1S/C16H22N2O2/c19-14(20)16(18-10-13-5-4-8-17-9-13)11-15(12-16)6-2-1-3-7-15/h4-5,8-9,18H,1-3,6-7,10-12H2,(H,19,20). The van der Waals surface area contributed by atoms with E-state index in [0.29, 0.717) is 12.0 Å². The quantitative estimate of drug-likeness (QED) is 0.886. The Morgan fingerprint density at radius 3 is 2.65 bits per heavy atom. The molecule has 4 heteroatoms. The number of nitrogens with one attached hydrogen (secondary N) is 1. The molecule has 2 fully saturated rings. The van der Waals surface area contributed by atoms with Crippen LogP contribution < -0.4 is 5.32 Å². The number of aliphatic carboxylic acids is 1. The molecule has 2 N–H and O–H groups in total. The maximum atomic E-state index is 11.7. The monoisotopic (exact) mass is 274 g/mol. The summed E-state index contributed by atoms with van der Waals surface area (Å²) in [5.74, 6) is -0.697. The van der Waals surface area contributed by atoms with Crippen LogP contribution in [0.3, 0.4) is 0 Å². The highest BCUT2D eigenvalue weighted by molar-refractivity contribution is 5.80. The van der Waals surface area contributed by atoms with Crippen LogP contribution in [0.15, 0.2) is 24.5 Å². The molecule has 2 aliphatic carbocycles. The van der Waals surface area contributed by atoms with Crippen LogP contribution >= 0.6 is 0 Å². The van der Waals surface area contributed by atoms with E-state index in [-0.39, 0.29) is 0 Å². The lowest BCUT2D eigenvalue weighted by Gasteiger charge is -2.56. The highest BCUT2D eigenvalue weighted by Crippen LogP contribution is 2.56. The van der Waals surface area contributed by atoms with Gasteiger partial charge in [-0.25, -0.2) is 0 Å². The lowest BCUT2D eigenvalue weighted by Crippen LogP contribution is -2.65. The second-order valence-electron chi connectivity index (χ2n) is 6.52. The number of hydrogen-bond acceptors (Lipinski definition) is 3. The first-order chi connectivity index (χ1) is 9.64. The molecule has 3 rings (SSSR count). The van der Waals surface area contributed by atoms with Crippen LogP contribution in [-0.4, -0.2) is 21.6 Å². The smallest absolute Gasteiger partial charge is 0.323 e. The third-order valence-electron chi connectivity index (χ3n) is 5.03. The van der Waals surface area contributed by atoms with Gasteiger partial charge in [0.25, 0.3) is 0 Å². The molecule has 1 aromatic heterocycles. The molecule has 0 aliphatic heterocycles. The van der Waals surface area contributed by atoms with Crippen LogP contribution in [0.25, 0.3) is 0 Å². The zero-order valence-corrected chi connectivity index (χ0v) is 11.8. The molecule has 108 valence electrons. The summed E-state index contributed by atoms with van der Waals surface area (Å²) in [7, 11) is 0. The van der Waals surface area contributed by atoms with Gasteiger partial charge in [0.2, 0.25) is 0 Å². The Labute approximate surface area is 119 Å². The van der Waals surface area contributed by atoms with Gasteiger partial charge in [-0.15, -0.1) is 0 Å². The second kappa shape index (κ2) is 5.17. The van der Waals surface area contributed by atoms with Crippen LogP contribution in [0.1, 0.15) is 50.5 Å². The fraction of sp³-hybridized carbons (Fsp3) is 0.625. The zero-order chi connectivity index (χ0) is 14.1. The summed E-state index contributed by atoms with van der Waals surface area (Å²) in [5.41, 5.74) is 0.629. The summed E-state index contributed by atoms with van der Waals surface area (Å²) < 4.78 is 0. The molecule has 2 aliphatic rings. The van der Waals surface area contributed by atoms with Crippen molar-refractivity contribution in [2.75, 3.05) is 0 Å². The van der Waals surface area contributed by atoms with Gasteiger partial charge in [0, 0.05) is 18.9 Å². The second-order valence-corrected chi connectivity index (χ2v) is 6.52. The fourth-order valence-electron chi connectivity index (χ4n) is 4.01. The Morgan fingerprint density at radius 1 is 1.30 bits per heavy atom. The number of pyridine rings is 1. The van der Waals surface area contributed by atoms with Crippen LogP contribution in [-0.2, 0) is 11.3 Å². The Morgan fingerprint density at radius 2 is 2.05 bits per heavy atom. The number of carboxylic acid groups (broad SMARTS) is 1. The van der Waals surface area contributed by atoms with Crippen LogP contribution in [0, 0.1) is 5.41 Å². The molecule has 0 radical (unpaired) electrons. The number of aromatic nitrogens is 1.